The van der Waals surface area contributed by atoms with Crippen molar-refractivity contribution in [1.29, 1.82) is 0 Å². The predicted octanol–water partition coefficient (Wildman–Crippen LogP) is 0.0349. The Morgan fingerprint density at radius 2 is 1.45 bits per heavy atom. The number of barbiturate groups is 1. The first-order chi connectivity index (χ1) is 10.7. The van der Waals surface area contributed by atoms with Crippen molar-refractivity contribution >= 4 is 41.4 Å². The van der Waals surface area contributed by atoms with Crippen molar-refractivity contribution in [3.63, 3.8) is 0 Å². The third-order valence-corrected chi connectivity index (χ3v) is 4.90. The third kappa shape index (κ3) is 5.54. The summed E-state index contributed by atoms with van der Waals surface area (Å²) in [7, 11) is 0. The van der Waals surface area contributed by atoms with Gasteiger partial charge in [-0.1, -0.05) is 0 Å². The molecule has 4 amide bonds. The predicted molar refractivity (Wildman–Crippen MR) is 86.8 cm³/mol. The van der Waals surface area contributed by atoms with Gasteiger partial charge in [-0.2, -0.15) is 23.5 Å². The number of rotatable bonds is 1. The lowest BCUT2D eigenvalue weighted by Gasteiger charge is -2.23. The second kappa shape index (κ2) is 9.06. The molecule has 0 radical (unpaired) electrons. The number of hydrogen-bond acceptors (Lipinski definition) is 7. The van der Waals surface area contributed by atoms with E-state index in [2.05, 4.69) is 10.6 Å². The first-order valence-corrected chi connectivity index (χ1v) is 9.33. The minimum absolute atomic E-state index is 0.0231. The van der Waals surface area contributed by atoms with Crippen LogP contribution in [0.15, 0.2) is 11.8 Å². The van der Waals surface area contributed by atoms with Gasteiger partial charge in [0, 0.05) is 42.3 Å². The topological polar surface area (TPSA) is 87.7 Å². The lowest BCUT2D eigenvalue weighted by atomic mass is 10.2. The molecule has 0 atom stereocenters. The van der Waals surface area contributed by atoms with Gasteiger partial charge >= 0.3 is 6.03 Å². The van der Waals surface area contributed by atoms with Gasteiger partial charge in [0.1, 0.15) is 5.57 Å². The number of carbonyl (C=O) groups excluding carboxylic acids is 3. The zero-order valence-electron chi connectivity index (χ0n) is 12.1. The average molecular weight is 345 g/mol. The second-order valence-corrected chi connectivity index (χ2v) is 7.10. The SMILES string of the molecule is O=C1NC(=O)C(=CN2CCSCCOCCSCC2)C(=O)N1. The van der Waals surface area contributed by atoms with Gasteiger partial charge in [-0.15, -0.1) is 0 Å². The fourth-order valence-corrected chi connectivity index (χ4v) is 3.53. The molecule has 0 aromatic rings. The molecule has 0 unspecified atom stereocenters. The van der Waals surface area contributed by atoms with Gasteiger partial charge in [-0.3, -0.25) is 20.2 Å². The zero-order chi connectivity index (χ0) is 15.8. The van der Waals surface area contributed by atoms with Crippen LogP contribution >= 0.6 is 23.5 Å². The average Bonchev–Trinajstić information content (AvgIpc) is 2.45. The van der Waals surface area contributed by atoms with Crippen LogP contribution in [0.4, 0.5) is 4.79 Å². The van der Waals surface area contributed by atoms with Crippen molar-refractivity contribution < 1.29 is 19.1 Å². The summed E-state index contributed by atoms with van der Waals surface area (Å²) in [6.45, 7) is 2.98. The van der Waals surface area contributed by atoms with Crippen LogP contribution in [-0.2, 0) is 14.3 Å². The Labute approximate surface area is 137 Å². The Morgan fingerprint density at radius 1 is 0.909 bits per heavy atom. The number of ether oxygens (including phenoxy) is 1. The smallest absolute Gasteiger partial charge is 0.328 e. The van der Waals surface area contributed by atoms with Gasteiger partial charge in [0.05, 0.1) is 13.2 Å². The second-order valence-electron chi connectivity index (χ2n) is 4.65. The van der Waals surface area contributed by atoms with E-state index < -0.39 is 17.8 Å². The summed E-state index contributed by atoms with van der Waals surface area (Å²) in [4.78, 5) is 36.5. The maximum Gasteiger partial charge on any atom is 0.328 e. The highest BCUT2D eigenvalue weighted by Gasteiger charge is 2.28. The summed E-state index contributed by atoms with van der Waals surface area (Å²) >= 11 is 3.56. The molecule has 2 rings (SSSR count). The van der Waals surface area contributed by atoms with Crippen molar-refractivity contribution in [3.8, 4) is 0 Å². The molecule has 0 aromatic carbocycles. The van der Waals surface area contributed by atoms with E-state index >= 15 is 0 Å². The van der Waals surface area contributed by atoms with E-state index in [0.717, 1.165) is 49.3 Å². The number of hydrogen-bond donors (Lipinski definition) is 2. The summed E-state index contributed by atoms with van der Waals surface area (Å²) in [5.41, 5.74) is -0.0231. The molecule has 2 saturated heterocycles. The van der Waals surface area contributed by atoms with Crippen molar-refractivity contribution in [2.75, 3.05) is 49.3 Å². The molecule has 0 saturated carbocycles. The van der Waals surface area contributed by atoms with Crippen molar-refractivity contribution in [2.45, 2.75) is 0 Å². The van der Waals surface area contributed by atoms with Gasteiger partial charge in [-0.05, 0) is 0 Å². The summed E-state index contributed by atoms with van der Waals surface area (Å²) in [5.74, 6) is 2.36. The summed E-state index contributed by atoms with van der Waals surface area (Å²) < 4.78 is 5.49. The highest BCUT2D eigenvalue weighted by atomic mass is 32.2. The Hall–Kier alpha value is -1.19. The fourth-order valence-electron chi connectivity index (χ4n) is 1.92. The Kier molecular flexibility index (Phi) is 7.07. The molecular weight excluding hydrogens is 326 g/mol. The minimum atomic E-state index is -0.771. The largest absolute Gasteiger partial charge is 0.380 e. The first kappa shape index (κ1) is 17.2. The Bertz CT molecular complexity index is 436. The normalized spacial score (nSPS) is 22.3. The lowest BCUT2D eigenvalue weighted by Crippen LogP contribution is -2.52. The maximum atomic E-state index is 11.8. The number of thioether (sulfide) groups is 2. The molecule has 7 nitrogen and oxygen atoms in total. The quantitative estimate of drug-likeness (QED) is 0.512. The van der Waals surface area contributed by atoms with Crippen molar-refractivity contribution in [2.24, 2.45) is 0 Å². The number of nitrogens with zero attached hydrogens (tertiary/aromatic N) is 1. The van der Waals surface area contributed by atoms with Crippen LogP contribution < -0.4 is 10.6 Å². The van der Waals surface area contributed by atoms with E-state index in [-0.39, 0.29) is 5.57 Å². The molecule has 0 spiro atoms. The number of urea groups is 1. The molecule has 122 valence electrons. The first-order valence-electron chi connectivity index (χ1n) is 7.02. The van der Waals surface area contributed by atoms with Crippen molar-refractivity contribution in [1.82, 2.24) is 15.5 Å². The van der Waals surface area contributed by atoms with Gasteiger partial charge in [0.15, 0.2) is 0 Å². The van der Waals surface area contributed by atoms with Crippen LogP contribution in [0.25, 0.3) is 0 Å². The van der Waals surface area contributed by atoms with E-state index in [9.17, 15) is 14.4 Å². The van der Waals surface area contributed by atoms with E-state index in [4.69, 9.17) is 4.74 Å². The molecule has 2 fully saturated rings. The minimum Gasteiger partial charge on any atom is -0.380 e. The fraction of sp³-hybridized carbons (Fsp3) is 0.615. The zero-order valence-corrected chi connectivity index (χ0v) is 13.8. The van der Waals surface area contributed by atoms with Crippen LogP contribution in [0.1, 0.15) is 0 Å². The molecule has 22 heavy (non-hydrogen) atoms. The lowest BCUT2D eigenvalue weighted by molar-refractivity contribution is -0.124. The molecule has 2 heterocycles. The molecule has 0 bridgehead atoms. The number of carbonyl (C=O) groups is 3. The maximum absolute atomic E-state index is 11.8. The molecule has 2 aliphatic heterocycles. The van der Waals surface area contributed by atoms with E-state index in [0.29, 0.717) is 0 Å². The number of imide groups is 2. The Morgan fingerprint density at radius 3 is 2.00 bits per heavy atom. The van der Waals surface area contributed by atoms with Crippen LogP contribution in [0, 0.1) is 0 Å². The summed E-state index contributed by atoms with van der Waals surface area (Å²) in [6, 6.07) is -0.771. The molecule has 2 aliphatic rings. The summed E-state index contributed by atoms with van der Waals surface area (Å²) in [6.07, 6.45) is 1.56. The molecule has 9 heteroatoms. The van der Waals surface area contributed by atoms with Gasteiger partial charge in [-0.25, -0.2) is 4.79 Å². The van der Waals surface area contributed by atoms with Crippen LogP contribution in [0.2, 0.25) is 0 Å². The van der Waals surface area contributed by atoms with Crippen LogP contribution in [0.3, 0.4) is 0 Å². The molecular formula is C13H19N3O4S2. The van der Waals surface area contributed by atoms with Gasteiger partial charge in [0.25, 0.3) is 11.8 Å². The van der Waals surface area contributed by atoms with Crippen LogP contribution in [-0.4, -0.2) is 72.1 Å². The van der Waals surface area contributed by atoms with E-state index in [1.807, 2.05) is 4.90 Å². The van der Waals surface area contributed by atoms with E-state index in [1.54, 1.807) is 29.7 Å². The standard InChI is InChI=1S/C13H19N3O4S2/c17-11-10(12(18)15-13(19)14-11)9-16-1-5-21-7-3-20-4-8-22-6-2-16/h9H,1-8H2,(H2,14,15,17,18,19). The number of amides is 4. The van der Waals surface area contributed by atoms with Crippen LogP contribution in [0.5, 0.6) is 0 Å². The van der Waals surface area contributed by atoms with Crippen molar-refractivity contribution in [3.05, 3.63) is 11.8 Å². The highest BCUT2D eigenvalue weighted by molar-refractivity contribution is 7.99. The highest BCUT2D eigenvalue weighted by Crippen LogP contribution is 2.10. The van der Waals surface area contributed by atoms with E-state index in [1.165, 1.54) is 0 Å². The van der Waals surface area contributed by atoms with Gasteiger partial charge < -0.3 is 9.64 Å². The van der Waals surface area contributed by atoms with Gasteiger partial charge in [0.2, 0.25) is 0 Å². The molecule has 2 N–H and O–H groups in total. The Balaban J connectivity index is 1.99. The number of nitrogens with one attached hydrogen (secondary N) is 2. The molecule has 0 aliphatic carbocycles. The molecule has 0 aromatic heterocycles. The summed E-state index contributed by atoms with van der Waals surface area (Å²) in [5, 5.41) is 4.17. The monoisotopic (exact) mass is 345 g/mol. The third-order valence-electron chi connectivity index (χ3n) is 3.04.